The lowest BCUT2D eigenvalue weighted by Gasteiger charge is -2.08. The molecule has 0 atom stereocenters. The number of hydrogen-bond donors (Lipinski definition) is 1. The van der Waals surface area contributed by atoms with E-state index < -0.39 is 11.6 Å². The standard InChI is InChI=1S/C13H8BrF2N3/c14-7-1-3-9(16)12(5-7)19-11-4-2-8(15)6-10(11)18-13(19)17/h1-6H,(H2,17,18). The van der Waals surface area contributed by atoms with Gasteiger partial charge in [0.15, 0.2) is 0 Å². The first kappa shape index (κ1) is 12.1. The molecule has 19 heavy (non-hydrogen) atoms. The van der Waals surface area contributed by atoms with Crippen LogP contribution in [-0.2, 0) is 0 Å². The van der Waals surface area contributed by atoms with Crippen molar-refractivity contribution in [1.29, 1.82) is 0 Å². The number of aromatic nitrogens is 2. The van der Waals surface area contributed by atoms with Crippen LogP contribution in [0.5, 0.6) is 0 Å². The molecule has 0 amide bonds. The summed E-state index contributed by atoms with van der Waals surface area (Å²) in [5.41, 5.74) is 7.00. The Morgan fingerprint density at radius 2 is 1.89 bits per heavy atom. The quantitative estimate of drug-likeness (QED) is 0.742. The van der Waals surface area contributed by atoms with Crippen molar-refractivity contribution in [2.45, 2.75) is 0 Å². The van der Waals surface area contributed by atoms with Gasteiger partial charge in [-0.05, 0) is 30.3 Å². The zero-order valence-electron chi connectivity index (χ0n) is 9.57. The summed E-state index contributed by atoms with van der Waals surface area (Å²) < 4.78 is 29.2. The van der Waals surface area contributed by atoms with E-state index in [1.165, 1.54) is 28.8 Å². The maximum absolute atomic E-state index is 13.9. The maximum atomic E-state index is 13.9. The Hall–Kier alpha value is -1.95. The predicted octanol–water partition coefficient (Wildman–Crippen LogP) is 3.65. The molecule has 0 aliphatic heterocycles. The van der Waals surface area contributed by atoms with E-state index in [1.54, 1.807) is 12.1 Å². The van der Waals surface area contributed by atoms with Crippen molar-refractivity contribution >= 4 is 32.9 Å². The molecule has 0 spiro atoms. The highest BCUT2D eigenvalue weighted by Gasteiger charge is 2.14. The van der Waals surface area contributed by atoms with Gasteiger partial charge < -0.3 is 5.73 Å². The van der Waals surface area contributed by atoms with Crippen LogP contribution in [0, 0.1) is 11.6 Å². The van der Waals surface area contributed by atoms with E-state index in [0.717, 1.165) is 0 Å². The highest BCUT2D eigenvalue weighted by atomic mass is 79.9. The fourth-order valence-electron chi connectivity index (χ4n) is 1.98. The first-order chi connectivity index (χ1) is 9.06. The molecule has 0 saturated heterocycles. The molecule has 3 aromatic rings. The molecular weight excluding hydrogens is 316 g/mol. The number of hydrogen-bond acceptors (Lipinski definition) is 2. The van der Waals surface area contributed by atoms with Crippen molar-refractivity contribution in [1.82, 2.24) is 9.55 Å². The normalized spacial score (nSPS) is 11.1. The Labute approximate surface area is 115 Å². The molecule has 0 bridgehead atoms. The number of benzene rings is 2. The van der Waals surface area contributed by atoms with Crippen LogP contribution in [0.25, 0.3) is 16.7 Å². The van der Waals surface area contributed by atoms with Gasteiger partial charge in [0.2, 0.25) is 5.95 Å². The Balaban J connectivity index is 2.36. The lowest BCUT2D eigenvalue weighted by Crippen LogP contribution is -2.03. The molecule has 1 heterocycles. The molecule has 3 rings (SSSR count). The molecule has 0 aliphatic rings. The molecule has 1 aromatic heterocycles. The van der Waals surface area contributed by atoms with Crippen LogP contribution in [0.2, 0.25) is 0 Å². The average molecular weight is 324 g/mol. The first-order valence-electron chi connectivity index (χ1n) is 5.45. The van der Waals surface area contributed by atoms with E-state index in [-0.39, 0.29) is 11.6 Å². The number of nitrogen functional groups attached to an aromatic ring is 1. The molecule has 2 N–H and O–H groups in total. The number of nitrogens with two attached hydrogens (primary N) is 1. The van der Waals surface area contributed by atoms with Crippen molar-refractivity contribution in [3.05, 3.63) is 52.5 Å². The van der Waals surface area contributed by atoms with Crippen molar-refractivity contribution in [2.75, 3.05) is 5.73 Å². The van der Waals surface area contributed by atoms with Gasteiger partial charge in [-0.15, -0.1) is 0 Å². The van der Waals surface area contributed by atoms with Crippen LogP contribution >= 0.6 is 15.9 Å². The summed E-state index contributed by atoms with van der Waals surface area (Å²) in [6, 6.07) is 8.58. The Morgan fingerprint density at radius 3 is 2.68 bits per heavy atom. The van der Waals surface area contributed by atoms with Crippen LogP contribution in [0.15, 0.2) is 40.9 Å². The van der Waals surface area contributed by atoms with Gasteiger partial charge in [-0.1, -0.05) is 15.9 Å². The summed E-state index contributed by atoms with van der Waals surface area (Å²) in [5.74, 6) is -0.733. The maximum Gasteiger partial charge on any atom is 0.206 e. The molecule has 0 fully saturated rings. The minimum atomic E-state index is -0.432. The molecule has 0 aliphatic carbocycles. The number of imidazole rings is 1. The molecule has 0 saturated carbocycles. The van der Waals surface area contributed by atoms with Crippen LogP contribution in [0.1, 0.15) is 0 Å². The molecule has 6 heteroatoms. The highest BCUT2D eigenvalue weighted by molar-refractivity contribution is 9.10. The average Bonchev–Trinajstić information content (AvgIpc) is 2.67. The summed E-state index contributed by atoms with van der Waals surface area (Å²) in [5, 5.41) is 0. The zero-order valence-corrected chi connectivity index (χ0v) is 11.2. The van der Waals surface area contributed by atoms with Crippen LogP contribution in [-0.4, -0.2) is 9.55 Å². The van der Waals surface area contributed by atoms with E-state index in [2.05, 4.69) is 20.9 Å². The Kier molecular flexibility index (Phi) is 2.74. The highest BCUT2D eigenvalue weighted by Crippen LogP contribution is 2.27. The van der Waals surface area contributed by atoms with Gasteiger partial charge in [-0.25, -0.2) is 13.8 Å². The fraction of sp³-hybridized carbons (Fsp3) is 0. The van der Waals surface area contributed by atoms with Gasteiger partial charge >= 0.3 is 0 Å². The van der Waals surface area contributed by atoms with Crippen LogP contribution < -0.4 is 5.73 Å². The first-order valence-corrected chi connectivity index (χ1v) is 6.24. The third kappa shape index (κ3) is 1.98. The van der Waals surface area contributed by atoms with E-state index in [9.17, 15) is 8.78 Å². The third-order valence-electron chi connectivity index (χ3n) is 2.79. The summed E-state index contributed by atoms with van der Waals surface area (Å²) in [4.78, 5) is 4.04. The number of anilines is 1. The van der Waals surface area contributed by atoms with Crippen LogP contribution in [0.3, 0.4) is 0 Å². The number of fused-ring (bicyclic) bond motifs is 1. The summed E-state index contributed by atoms with van der Waals surface area (Å²) in [6.07, 6.45) is 0. The van der Waals surface area contributed by atoms with Gasteiger partial charge in [0.1, 0.15) is 11.6 Å². The van der Waals surface area contributed by atoms with E-state index >= 15 is 0 Å². The summed E-state index contributed by atoms with van der Waals surface area (Å²) >= 11 is 3.28. The fourth-order valence-corrected chi connectivity index (χ4v) is 2.33. The molecule has 0 unspecified atom stereocenters. The molecule has 0 radical (unpaired) electrons. The van der Waals surface area contributed by atoms with Crippen molar-refractivity contribution < 1.29 is 8.78 Å². The number of rotatable bonds is 1. The second kappa shape index (κ2) is 4.31. The molecular formula is C13H8BrF2N3. The molecule has 3 nitrogen and oxygen atoms in total. The van der Waals surface area contributed by atoms with E-state index in [1.807, 2.05) is 0 Å². The Bertz CT molecular complexity index is 783. The number of halogens is 3. The van der Waals surface area contributed by atoms with Crippen LogP contribution in [0.4, 0.5) is 14.7 Å². The van der Waals surface area contributed by atoms with Gasteiger partial charge in [0.05, 0.1) is 16.7 Å². The predicted molar refractivity (Wildman–Crippen MR) is 73.1 cm³/mol. The Morgan fingerprint density at radius 1 is 1.11 bits per heavy atom. The van der Waals surface area contributed by atoms with Gasteiger partial charge in [0, 0.05) is 10.5 Å². The minimum Gasteiger partial charge on any atom is -0.369 e. The topological polar surface area (TPSA) is 43.8 Å². The summed E-state index contributed by atoms with van der Waals surface area (Å²) in [6.45, 7) is 0. The SMILES string of the molecule is Nc1nc2cc(F)ccc2n1-c1cc(Br)ccc1F. The van der Waals surface area contributed by atoms with Crippen molar-refractivity contribution in [2.24, 2.45) is 0 Å². The molecule has 96 valence electrons. The number of nitrogens with zero attached hydrogens (tertiary/aromatic N) is 2. The zero-order chi connectivity index (χ0) is 13.6. The smallest absolute Gasteiger partial charge is 0.206 e. The van der Waals surface area contributed by atoms with E-state index in [0.29, 0.717) is 15.5 Å². The lowest BCUT2D eigenvalue weighted by atomic mass is 10.2. The third-order valence-corrected chi connectivity index (χ3v) is 3.28. The van der Waals surface area contributed by atoms with Gasteiger partial charge in [-0.3, -0.25) is 4.57 Å². The second-order valence-corrected chi connectivity index (χ2v) is 4.95. The largest absolute Gasteiger partial charge is 0.369 e. The van der Waals surface area contributed by atoms with Gasteiger partial charge in [-0.2, -0.15) is 0 Å². The molecule has 2 aromatic carbocycles. The monoisotopic (exact) mass is 323 g/mol. The van der Waals surface area contributed by atoms with Crippen molar-refractivity contribution in [3.63, 3.8) is 0 Å². The van der Waals surface area contributed by atoms with E-state index in [4.69, 9.17) is 5.73 Å². The lowest BCUT2D eigenvalue weighted by molar-refractivity contribution is 0.619. The van der Waals surface area contributed by atoms with Gasteiger partial charge in [0.25, 0.3) is 0 Å². The summed E-state index contributed by atoms with van der Waals surface area (Å²) in [7, 11) is 0. The minimum absolute atomic E-state index is 0.109. The van der Waals surface area contributed by atoms with Crippen molar-refractivity contribution in [3.8, 4) is 5.69 Å². The second-order valence-electron chi connectivity index (χ2n) is 4.03.